The molecule has 7 nitrogen and oxygen atoms in total. The zero-order valence-corrected chi connectivity index (χ0v) is 18.6. The van der Waals surface area contributed by atoms with Crippen molar-refractivity contribution in [1.29, 1.82) is 0 Å². The third-order valence-corrected chi connectivity index (χ3v) is 7.39. The van der Waals surface area contributed by atoms with Crippen molar-refractivity contribution in [1.82, 2.24) is 15.5 Å². The van der Waals surface area contributed by atoms with E-state index in [-0.39, 0.29) is 35.9 Å². The van der Waals surface area contributed by atoms with Crippen LogP contribution in [0.2, 0.25) is 0 Å². The number of hydrogen-bond acceptors (Lipinski definition) is 3. The Balaban J connectivity index is 1.21. The van der Waals surface area contributed by atoms with E-state index in [0.717, 1.165) is 17.3 Å². The fourth-order valence-electron chi connectivity index (χ4n) is 5.39. The number of benzene rings is 2. The predicted molar refractivity (Wildman–Crippen MR) is 121 cm³/mol. The minimum atomic E-state index is -0.917. The Morgan fingerprint density at radius 1 is 1.03 bits per heavy atom. The minimum Gasteiger partial charge on any atom is -0.354 e. The first-order valence-corrected chi connectivity index (χ1v) is 11.6. The van der Waals surface area contributed by atoms with Crippen molar-refractivity contribution in [2.24, 2.45) is 0 Å². The van der Waals surface area contributed by atoms with Gasteiger partial charge in [0.2, 0.25) is 11.8 Å². The van der Waals surface area contributed by atoms with Crippen LogP contribution in [-0.4, -0.2) is 48.4 Å². The first-order valence-electron chi connectivity index (χ1n) is 11.6. The number of carbonyl (C=O) groups excluding carboxylic acids is 3. The van der Waals surface area contributed by atoms with Gasteiger partial charge in [0.05, 0.1) is 5.41 Å². The van der Waals surface area contributed by atoms with Gasteiger partial charge in [0, 0.05) is 31.2 Å². The van der Waals surface area contributed by atoms with Crippen LogP contribution in [-0.2, 0) is 15.0 Å². The molecule has 3 aliphatic rings. The Bertz CT molecular complexity index is 1150. The number of likely N-dealkylation sites (tertiary alicyclic amines) is 1. The molecule has 5 rings (SSSR count). The van der Waals surface area contributed by atoms with Crippen LogP contribution in [0.4, 0.5) is 19.3 Å². The van der Waals surface area contributed by atoms with Gasteiger partial charge in [0.1, 0.15) is 6.04 Å². The molecule has 0 unspecified atom stereocenters. The highest BCUT2D eigenvalue weighted by atomic mass is 19.2. The summed E-state index contributed by atoms with van der Waals surface area (Å²) < 4.78 is 27.9. The number of carbonyl (C=O) groups is 3. The van der Waals surface area contributed by atoms with Crippen LogP contribution in [0, 0.1) is 11.6 Å². The smallest absolute Gasteiger partial charge is 0.318 e. The van der Waals surface area contributed by atoms with Gasteiger partial charge < -0.3 is 20.9 Å². The van der Waals surface area contributed by atoms with E-state index in [4.69, 9.17) is 0 Å². The molecule has 0 radical (unpaired) electrons. The first kappa shape index (κ1) is 22.3. The molecule has 3 heterocycles. The van der Waals surface area contributed by atoms with E-state index in [1.807, 2.05) is 24.3 Å². The Kier molecular flexibility index (Phi) is 5.71. The number of amides is 4. The molecule has 0 aliphatic carbocycles. The van der Waals surface area contributed by atoms with Gasteiger partial charge in [-0.05, 0) is 48.9 Å². The second kappa shape index (κ2) is 8.70. The van der Waals surface area contributed by atoms with Gasteiger partial charge in [-0.25, -0.2) is 13.6 Å². The van der Waals surface area contributed by atoms with Gasteiger partial charge in [-0.1, -0.05) is 30.3 Å². The average molecular weight is 469 g/mol. The molecule has 0 saturated carbocycles. The van der Waals surface area contributed by atoms with Crippen LogP contribution in [0.5, 0.6) is 0 Å². The summed E-state index contributed by atoms with van der Waals surface area (Å²) in [6.45, 7) is 0.949. The highest BCUT2D eigenvalue weighted by Gasteiger charge is 2.49. The quantitative estimate of drug-likeness (QED) is 0.633. The summed E-state index contributed by atoms with van der Waals surface area (Å²) in [7, 11) is 0. The summed E-state index contributed by atoms with van der Waals surface area (Å²) in [6.07, 6.45) is 1.73. The highest BCUT2D eigenvalue weighted by molar-refractivity contribution is 6.06. The van der Waals surface area contributed by atoms with Gasteiger partial charge in [0.15, 0.2) is 11.6 Å². The predicted octanol–water partition coefficient (Wildman–Crippen LogP) is 3.02. The molecule has 9 heteroatoms. The van der Waals surface area contributed by atoms with Crippen LogP contribution in [0.1, 0.15) is 42.7 Å². The number of nitrogens with zero attached hydrogens (tertiary/aromatic N) is 1. The lowest BCUT2D eigenvalue weighted by molar-refractivity contribution is -0.122. The number of halogens is 2. The average Bonchev–Trinajstić information content (AvgIpc) is 2.98. The first-order chi connectivity index (χ1) is 16.4. The molecule has 2 aromatic carbocycles. The van der Waals surface area contributed by atoms with E-state index in [9.17, 15) is 23.2 Å². The van der Waals surface area contributed by atoms with E-state index >= 15 is 0 Å². The van der Waals surface area contributed by atoms with Crippen molar-refractivity contribution in [3.8, 4) is 0 Å². The molecule has 0 bridgehead atoms. The van der Waals surface area contributed by atoms with Gasteiger partial charge >= 0.3 is 6.03 Å². The van der Waals surface area contributed by atoms with Crippen molar-refractivity contribution in [2.45, 2.75) is 43.1 Å². The molecule has 2 atom stereocenters. The SMILES string of the molecule is O=C1NC[C@H](c2cccc(F)c2F)CC[C@H]1NC(=O)N1CCC2(CC1)C(=O)Nc1ccccc12. The molecule has 178 valence electrons. The monoisotopic (exact) mass is 468 g/mol. The van der Waals surface area contributed by atoms with E-state index in [0.29, 0.717) is 38.8 Å². The van der Waals surface area contributed by atoms with E-state index < -0.39 is 23.1 Å². The second-order valence-electron chi connectivity index (χ2n) is 9.23. The zero-order valence-electron chi connectivity index (χ0n) is 18.6. The summed E-state index contributed by atoms with van der Waals surface area (Å²) in [6, 6.07) is 10.5. The van der Waals surface area contributed by atoms with E-state index in [1.165, 1.54) is 12.1 Å². The molecular formula is C25H26F2N4O3. The van der Waals surface area contributed by atoms with Crippen molar-refractivity contribution < 1.29 is 23.2 Å². The summed E-state index contributed by atoms with van der Waals surface area (Å²) in [5, 5.41) is 8.48. The van der Waals surface area contributed by atoms with Gasteiger partial charge in [0.25, 0.3) is 0 Å². The number of piperidine rings is 1. The molecule has 4 amide bonds. The van der Waals surface area contributed by atoms with E-state index in [2.05, 4.69) is 16.0 Å². The molecule has 0 aromatic heterocycles. The number of hydrogen-bond donors (Lipinski definition) is 3. The largest absolute Gasteiger partial charge is 0.354 e. The fraction of sp³-hybridized carbons (Fsp3) is 0.400. The van der Waals surface area contributed by atoms with Crippen LogP contribution < -0.4 is 16.0 Å². The number of nitrogens with one attached hydrogen (secondary N) is 3. The Morgan fingerprint density at radius 3 is 2.59 bits per heavy atom. The van der Waals surface area contributed by atoms with Crippen LogP contribution in [0.15, 0.2) is 42.5 Å². The summed E-state index contributed by atoms with van der Waals surface area (Å²) in [4.78, 5) is 39.9. The number of rotatable bonds is 2. The minimum absolute atomic E-state index is 0.0347. The maximum Gasteiger partial charge on any atom is 0.318 e. The second-order valence-corrected chi connectivity index (χ2v) is 9.23. The third kappa shape index (κ3) is 3.78. The Labute approximate surface area is 195 Å². The van der Waals surface area contributed by atoms with Crippen LogP contribution in [0.25, 0.3) is 0 Å². The van der Waals surface area contributed by atoms with Crippen LogP contribution in [0.3, 0.4) is 0 Å². The molecule has 2 aromatic rings. The number of urea groups is 1. The molecule has 34 heavy (non-hydrogen) atoms. The van der Waals surface area contributed by atoms with Gasteiger partial charge in [-0.15, -0.1) is 0 Å². The maximum absolute atomic E-state index is 14.2. The van der Waals surface area contributed by atoms with Crippen molar-refractivity contribution in [3.05, 3.63) is 65.2 Å². The molecule has 3 N–H and O–H groups in total. The standard InChI is InChI=1S/C25H26F2N4O3/c26-18-6-3-4-16(21(18)27)15-8-9-20(22(32)28-14-15)30-24(34)31-12-10-25(11-13-31)17-5-1-2-7-19(17)29-23(25)33/h1-7,15,20H,8-14H2,(H,28,32)(H,29,33)(H,30,34)/t15-,20-/m1/s1. The maximum atomic E-state index is 14.2. The summed E-state index contributed by atoms with van der Waals surface area (Å²) in [5.74, 6) is -2.57. The lowest BCUT2D eigenvalue weighted by atomic mass is 9.74. The third-order valence-electron chi connectivity index (χ3n) is 7.39. The zero-order chi connectivity index (χ0) is 23.9. The molecule has 3 aliphatic heterocycles. The lowest BCUT2D eigenvalue weighted by Crippen LogP contribution is -2.54. The topological polar surface area (TPSA) is 90.5 Å². The van der Waals surface area contributed by atoms with Gasteiger partial charge in [-0.2, -0.15) is 0 Å². The van der Waals surface area contributed by atoms with Crippen molar-refractivity contribution in [2.75, 3.05) is 25.0 Å². The molecule has 2 fully saturated rings. The highest BCUT2D eigenvalue weighted by Crippen LogP contribution is 2.44. The number of para-hydroxylation sites is 1. The fourth-order valence-corrected chi connectivity index (χ4v) is 5.39. The Morgan fingerprint density at radius 2 is 1.79 bits per heavy atom. The normalized spacial score (nSPS) is 23.6. The lowest BCUT2D eigenvalue weighted by Gasteiger charge is -2.38. The van der Waals surface area contributed by atoms with Gasteiger partial charge in [-0.3, -0.25) is 9.59 Å². The Hall–Kier alpha value is -3.49. The molecule has 2 saturated heterocycles. The summed E-state index contributed by atoms with van der Waals surface area (Å²) >= 11 is 0. The number of anilines is 1. The molecule has 1 spiro atoms. The van der Waals surface area contributed by atoms with E-state index in [1.54, 1.807) is 4.90 Å². The molecular weight excluding hydrogens is 442 g/mol. The summed E-state index contributed by atoms with van der Waals surface area (Å²) in [5.41, 5.74) is 1.39. The number of fused-ring (bicyclic) bond motifs is 2. The van der Waals surface area contributed by atoms with Crippen LogP contribution >= 0.6 is 0 Å². The van der Waals surface area contributed by atoms with Crippen molar-refractivity contribution in [3.63, 3.8) is 0 Å². The van der Waals surface area contributed by atoms with Crippen molar-refractivity contribution >= 4 is 23.5 Å².